The van der Waals surface area contributed by atoms with Gasteiger partial charge in [-0.1, -0.05) is 52.6 Å². The highest BCUT2D eigenvalue weighted by Crippen LogP contribution is 2.38. The Morgan fingerprint density at radius 1 is 0.731 bits per heavy atom. The minimum atomic E-state index is -0.963. The van der Waals surface area contributed by atoms with Crippen LogP contribution in [0, 0.1) is 27.7 Å². The molecule has 0 saturated heterocycles. The van der Waals surface area contributed by atoms with Crippen LogP contribution in [0.4, 0.5) is 0 Å². The number of benzene rings is 3. The summed E-state index contributed by atoms with van der Waals surface area (Å²) < 4.78 is 6.41. The van der Waals surface area contributed by atoms with Gasteiger partial charge in [-0.2, -0.15) is 0 Å². The van der Waals surface area contributed by atoms with E-state index in [0.717, 1.165) is 5.56 Å². The molecule has 0 saturated carbocycles. The van der Waals surface area contributed by atoms with Crippen molar-refractivity contribution in [1.29, 1.82) is 0 Å². The highest BCUT2D eigenvalue weighted by atomic mass is 31.1. The lowest BCUT2D eigenvalue weighted by molar-refractivity contribution is 0.339. The summed E-state index contributed by atoms with van der Waals surface area (Å²) >= 11 is 0. The third-order valence-electron chi connectivity index (χ3n) is 4.22. The second kappa shape index (κ2) is 8.03. The Kier molecular flexibility index (Phi) is 5.76. The molecule has 3 aromatic carbocycles. The zero-order valence-corrected chi connectivity index (χ0v) is 16.7. The monoisotopic (exact) mass is 364 g/mol. The number of aryl methyl sites for hydroxylation is 4. The third-order valence-corrected chi connectivity index (χ3v) is 6.06. The Morgan fingerprint density at radius 2 is 1.19 bits per heavy atom. The molecule has 0 aliphatic carbocycles. The smallest absolute Gasteiger partial charge is 0.121 e. The molecule has 0 aromatic heterocycles. The summed E-state index contributed by atoms with van der Waals surface area (Å²) in [5, 5.41) is 12.5. The van der Waals surface area contributed by atoms with Crippen molar-refractivity contribution < 1.29 is 9.63 Å². The standard InChI is InChI=1S/C23H25O2P/c1-16-9-17(2)12-21(11-16)26(22-13-18(3)10-19(4)14-22)25-15-20-7-5-6-8-23(20)24/h5-14,24H,15H2,1-4H3. The predicted molar refractivity (Wildman–Crippen MR) is 111 cm³/mol. The lowest BCUT2D eigenvalue weighted by atomic mass is 10.2. The number of hydrogen-bond acceptors (Lipinski definition) is 2. The predicted octanol–water partition coefficient (Wildman–Crippen LogP) is 5.19. The molecule has 3 heteroatoms. The number of phenolic OH excluding ortho intramolecular Hbond substituents is 1. The maximum atomic E-state index is 10.1. The molecule has 3 aromatic rings. The quantitative estimate of drug-likeness (QED) is 0.631. The summed E-state index contributed by atoms with van der Waals surface area (Å²) in [5.74, 6) is 0.281. The Bertz CT molecular complexity index is 826. The molecule has 0 amide bonds. The Hall–Kier alpha value is -2.15. The summed E-state index contributed by atoms with van der Waals surface area (Å²) in [7, 11) is -0.963. The molecule has 3 rings (SSSR count). The van der Waals surface area contributed by atoms with Crippen LogP contribution in [0.5, 0.6) is 5.75 Å². The van der Waals surface area contributed by atoms with Gasteiger partial charge in [0, 0.05) is 16.2 Å². The average molecular weight is 364 g/mol. The van der Waals surface area contributed by atoms with E-state index in [0.29, 0.717) is 6.61 Å². The number of hydrogen-bond donors (Lipinski definition) is 1. The van der Waals surface area contributed by atoms with E-state index in [-0.39, 0.29) is 5.75 Å². The Balaban J connectivity index is 1.99. The summed E-state index contributed by atoms with van der Waals surface area (Å²) in [4.78, 5) is 0. The lowest BCUT2D eigenvalue weighted by Gasteiger charge is -2.21. The van der Waals surface area contributed by atoms with Gasteiger partial charge < -0.3 is 9.63 Å². The largest absolute Gasteiger partial charge is 0.508 e. The summed E-state index contributed by atoms with van der Waals surface area (Å²) in [6.07, 6.45) is 0. The van der Waals surface area contributed by atoms with Gasteiger partial charge in [-0.15, -0.1) is 0 Å². The molecule has 0 aliphatic rings. The van der Waals surface area contributed by atoms with E-state index in [1.165, 1.54) is 32.9 Å². The van der Waals surface area contributed by atoms with Gasteiger partial charge in [0.2, 0.25) is 0 Å². The van der Waals surface area contributed by atoms with Crippen LogP contribution in [-0.4, -0.2) is 5.11 Å². The molecule has 0 radical (unpaired) electrons. The van der Waals surface area contributed by atoms with Crippen molar-refractivity contribution in [3.63, 3.8) is 0 Å². The first-order chi connectivity index (χ1) is 12.4. The van der Waals surface area contributed by atoms with E-state index >= 15 is 0 Å². The zero-order chi connectivity index (χ0) is 18.7. The SMILES string of the molecule is Cc1cc(C)cc(P(OCc2ccccc2O)c2cc(C)cc(C)c2)c1. The molecule has 0 unspecified atom stereocenters. The minimum Gasteiger partial charge on any atom is -0.508 e. The van der Waals surface area contributed by atoms with Gasteiger partial charge in [-0.3, -0.25) is 0 Å². The molecule has 0 atom stereocenters. The number of aromatic hydroxyl groups is 1. The second-order valence-electron chi connectivity index (χ2n) is 6.89. The van der Waals surface area contributed by atoms with E-state index in [4.69, 9.17) is 4.52 Å². The first-order valence-corrected chi connectivity index (χ1v) is 10.0. The van der Waals surface area contributed by atoms with Gasteiger partial charge in [0.1, 0.15) is 5.75 Å². The van der Waals surface area contributed by atoms with E-state index in [1.54, 1.807) is 6.07 Å². The van der Waals surface area contributed by atoms with Crippen LogP contribution in [-0.2, 0) is 11.1 Å². The molecule has 134 valence electrons. The van der Waals surface area contributed by atoms with E-state index in [1.807, 2.05) is 18.2 Å². The van der Waals surface area contributed by atoms with Gasteiger partial charge in [0.15, 0.2) is 0 Å². The molecule has 26 heavy (non-hydrogen) atoms. The second-order valence-corrected chi connectivity index (χ2v) is 8.77. The minimum absolute atomic E-state index is 0.281. The topological polar surface area (TPSA) is 29.5 Å². The van der Waals surface area contributed by atoms with Crippen molar-refractivity contribution in [1.82, 2.24) is 0 Å². The molecule has 0 fully saturated rings. The lowest BCUT2D eigenvalue weighted by Crippen LogP contribution is -2.16. The molecule has 0 bridgehead atoms. The maximum Gasteiger partial charge on any atom is 0.121 e. The van der Waals surface area contributed by atoms with Crippen LogP contribution in [0.15, 0.2) is 60.7 Å². The average Bonchev–Trinajstić information content (AvgIpc) is 2.55. The van der Waals surface area contributed by atoms with Crippen LogP contribution in [0.3, 0.4) is 0 Å². The fourth-order valence-electron chi connectivity index (χ4n) is 3.20. The normalized spacial score (nSPS) is 11.1. The molecule has 1 N–H and O–H groups in total. The van der Waals surface area contributed by atoms with Gasteiger partial charge >= 0.3 is 0 Å². The molecule has 2 nitrogen and oxygen atoms in total. The highest BCUT2D eigenvalue weighted by molar-refractivity contribution is 7.68. The van der Waals surface area contributed by atoms with E-state index in [2.05, 4.69) is 64.1 Å². The summed E-state index contributed by atoms with van der Waals surface area (Å²) in [6, 6.07) is 20.6. The van der Waals surface area contributed by atoms with Crippen molar-refractivity contribution in [2.24, 2.45) is 0 Å². The van der Waals surface area contributed by atoms with Crippen LogP contribution >= 0.6 is 8.15 Å². The fraction of sp³-hybridized carbons (Fsp3) is 0.217. The van der Waals surface area contributed by atoms with Crippen LogP contribution < -0.4 is 10.6 Å². The van der Waals surface area contributed by atoms with Gasteiger partial charge in [-0.05, 0) is 58.0 Å². The van der Waals surface area contributed by atoms with Crippen molar-refractivity contribution in [3.8, 4) is 5.75 Å². The fourth-order valence-corrected chi connectivity index (χ4v) is 5.35. The highest BCUT2D eigenvalue weighted by Gasteiger charge is 2.18. The molecular formula is C23H25O2P. The van der Waals surface area contributed by atoms with Gasteiger partial charge in [0.05, 0.1) is 14.8 Å². The van der Waals surface area contributed by atoms with Crippen molar-refractivity contribution in [2.45, 2.75) is 34.3 Å². The first kappa shape index (κ1) is 18.6. The third kappa shape index (κ3) is 4.52. The van der Waals surface area contributed by atoms with E-state index in [9.17, 15) is 5.11 Å². The van der Waals surface area contributed by atoms with Gasteiger partial charge in [-0.25, -0.2) is 0 Å². The number of phenols is 1. The zero-order valence-electron chi connectivity index (χ0n) is 15.8. The molecule has 0 heterocycles. The number of para-hydroxylation sites is 1. The van der Waals surface area contributed by atoms with E-state index < -0.39 is 8.15 Å². The number of rotatable bonds is 5. The summed E-state index contributed by atoms with van der Waals surface area (Å²) in [6.45, 7) is 8.87. The Labute approximate surface area is 157 Å². The molecule has 0 spiro atoms. The van der Waals surface area contributed by atoms with Gasteiger partial charge in [0.25, 0.3) is 0 Å². The summed E-state index contributed by atoms with van der Waals surface area (Å²) in [5.41, 5.74) is 5.77. The van der Waals surface area contributed by atoms with Crippen LogP contribution in [0.25, 0.3) is 0 Å². The van der Waals surface area contributed by atoms with Crippen molar-refractivity contribution in [3.05, 3.63) is 88.5 Å². The molecule has 0 aliphatic heterocycles. The van der Waals surface area contributed by atoms with Crippen molar-refractivity contribution >= 4 is 18.8 Å². The van der Waals surface area contributed by atoms with Crippen LogP contribution in [0.2, 0.25) is 0 Å². The van der Waals surface area contributed by atoms with Crippen LogP contribution in [0.1, 0.15) is 27.8 Å². The first-order valence-electron chi connectivity index (χ1n) is 8.79. The maximum absolute atomic E-state index is 10.1. The Morgan fingerprint density at radius 3 is 1.65 bits per heavy atom. The van der Waals surface area contributed by atoms with Crippen molar-refractivity contribution in [2.75, 3.05) is 0 Å². The molecular weight excluding hydrogens is 339 g/mol.